The van der Waals surface area contributed by atoms with Crippen molar-refractivity contribution in [1.82, 2.24) is 0 Å². The molecule has 0 aliphatic rings. The van der Waals surface area contributed by atoms with E-state index >= 15 is 0 Å². The van der Waals surface area contributed by atoms with Gasteiger partial charge < -0.3 is 14.6 Å². The van der Waals surface area contributed by atoms with Crippen LogP contribution in [0.5, 0.6) is 11.5 Å². The number of hydrogen-bond acceptors (Lipinski definition) is 3. The summed E-state index contributed by atoms with van der Waals surface area (Å²) in [5.41, 5.74) is 1.09. The minimum atomic E-state index is 0.198. The van der Waals surface area contributed by atoms with Gasteiger partial charge in [-0.05, 0) is 30.9 Å². The lowest BCUT2D eigenvalue weighted by Crippen LogP contribution is -2.01. The topological polar surface area (TPSA) is 38.7 Å². The monoisotopic (exact) mass is 238 g/mol. The maximum Gasteiger partial charge on any atom is 0.163 e. The van der Waals surface area contributed by atoms with Gasteiger partial charge in [0, 0.05) is 6.61 Å². The molecule has 17 heavy (non-hydrogen) atoms. The number of hydrogen-bond donors (Lipinski definition) is 1. The van der Waals surface area contributed by atoms with E-state index in [2.05, 4.69) is 6.92 Å². The van der Waals surface area contributed by atoms with Crippen molar-refractivity contribution in [3.63, 3.8) is 0 Å². The summed E-state index contributed by atoms with van der Waals surface area (Å²) in [4.78, 5) is 0. The fraction of sp³-hybridized carbons (Fsp3) is 0.571. The summed E-state index contributed by atoms with van der Waals surface area (Å²) in [6, 6.07) is 5.91. The Labute approximate surface area is 103 Å². The molecule has 0 atom stereocenters. The van der Waals surface area contributed by atoms with Crippen molar-refractivity contribution in [1.29, 1.82) is 0 Å². The SMILES string of the molecule is CCCCOc1cccc(CCCO)c1OC. The van der Waals surface area contributed by atoms with Crippen molar-refractivity contribution in [2.24, 2.45) is 0 Å². The van der Waals surface area contributed by atoms with Crippen LogP contribution in [0.25, 0.3) is 0 Å². The highest BCUT2D eigenvalue weighted by atomic mass is 16.5. The quantitative estimate of drug-likeness (QED) is 0.708. The fourth-order valence-corrected chi connectivity index (χ4v) is 1.70. The zero-order valence-corrected chi connectivity index (χ0v) is 10.7. The van der Waals surface area contributed by atoms with E-state index in [-0.39, 0.29) is 6.61 Å². The number of aryl methyl sites for hydroxylation is 1. The van der Waals surface area contributed by atoms with Crippen LogP contribution in [0.1, 0.15) is 31.7 Å². The Morgan fingerprint density at radius 3 is 2.71 bits per heavy atom. The molecule has 0 spiro atoms. The smallest absolute Gasteiger partial charge is 0.163 e. The molecule has 0 amide bonds. The number of ether oxygens (including phenoxy) is 2. The summed E-state index contributed by atoms with van der Waals surface area (Å²) >= 11 is 0. The fourth-order valence-electron chi connectivity index (χ4n) is 1.70. The molecule has 1 aromatic rings. The summed E-state index contributed by atoms with van der Waals surface area (Å²) in [5.74, 6) is 1.61. The van der Waals surface area contributed by atoms with Crippen LogP contribution in [0.2, 0.25) is 0 Å². The van der Waals surface area contributed by atoms with Gasteiger partial charge >= 0.3 is 0 Å². The van der Waals surface area contributed by atoms with Gasteiger partial charge in [0.15, 0.2) is 11.5 Å². The molecule has 0 fully saturated rings. The van der Waals surface area contributed by atoms with Crippen LogP contribution in [-0.4, -0.2) is 25.4 Å². The zero-order chi connectivity index (χ0) is 12.5. The molecular formula is C14H22O3. The first-order chi connectivity index (χ1) is 8.33. The van der Waals surface area contributed by atoms with E-state index in [0.717, 1.165) is 49.4 Å². The van der Waals surface area contributed by atoms with Crippen molar-refractivity contribution < 1.29 is 14.6 Å². The lowest BCUT2D eigenvalue weighted by atomic mass is 10.1. The highest BCUT2D eigenvalue weighted by molar-refractivity contribution is 5.46. The molecule has 1 rings (SSSR count). The number of para-hydroxylation sites is 1. The second kappa shape index (κ2) is 7.96. The standard InChI is InChI=1S/C14H22O3/c1-3-4-11-17-13-9-5-7-12(8-6-10-15)14(13)16-2/h5,7,9,15H,3-4,6,8,10-11H2,1-2H3. The Hall–Kier alpha value is -1.22. The van der Waals surface area contributed by atoms with E-state index < -0.39 is 0 Å². The van der Waals surface area contributed by atoms with Crippen LogP contribution in [0.3, 0.4) is 0 Å². The first kappa shape index (κ1) is 13.8. The Morgan fingerprint density at radius 2 is 2.06 bits per heavy atom. The Kier molecular flexibility index (Phi) is 6.48. The van der Waals surface area contributed by atoms with Gasteiger partial charge in [-0.3, -0.25) is 0 Å². The summed E-state index contributed by atoms with van der Waals surface area (Å²) in [6.45, 7) is 3.05. The van der Waals surface area contributed by atoms with E-state index in [9.17, 15) is 0 Å². The number of aliphatic hydroxyl groups is 1. The molecule has 96 valence electrons. The second-order valence-corrected chi connectivity index (χ2v) is 3.98. The van der Waals surface area contributed by atoms with E-state index in [0.29, 0.717) is 0 Å². The van der Waals surface area contributed by atoms with Gasteiger partial charge in [0.2, 0.25) is 0 Å². The predicted molar refractivity (Wildman–Crippen MR) is 68.8 cm³/mol. The Bertz CT molecular complexity index is 323. The van der Waals surface area contributed by atoms with E-state index in [1.807, 2.05) is 18.2 Å². The number of aliphatic hydroxyl groups excluding tert-OH is 1. The van der Waals surface area contributed by atoms with Gasteiger partial charge in [-0.25, -0.2) is 0 Å². The van der Waals surface area contributed by atoms with Gasteiger partial charge in [-0.1, -0.05) is 25.5 Å². The lowest BCUT2D eigenvalue weighted by Gasteiger charge is -2.14. The molecule has 1 N–H and O–H groups in total. The molecule has 3 heteroatoms. The summed E-state index contributed by atoms with van der Waals surface area (Å²) in [7, 11) is 1.66. The highest BCUT2D eigenvalue weighted by Gasteiger charge is 2.09. The predicted octanol–water partition coefficient (Wildman–Crippen LogP) is 2.80. The minimum Gasteiger partial charge on any atom is -0.493 e. The molecule has 3 nitrogen and oxygen atoms in total. The number of benzene rings is 1. The average molecular weight is 238 g/mol. The molecule has 0 unspecified atom stereocenters. The number of unbranched alkanes of at least 4 members (excludes halogenated alkanes) is 1. The van der Waals surface area contributed by atoms with Gasteiger partial charge in [0.1, 0.15) is 0 Å². The molecule has 0 saturated carbocycles. The first-order valence-electron chi connectivity index (χ1n) is 6.23. The van der Waals surface area contributed by atoms with Crippen LogP contribution in [0, 0.1) is 0 Å². The average Bonchev–Trinajstić information content (AvgIpc) is 2.36. The largest absolute Gasteiger partial charge is 0.493 e. The second-order valence-electron chi connectivity index (χ2n) is 3.98. The third-order valence-electron chi connectivity index (χ3n) is 2.62. The molecule has 0 aliphatic carbocycles. The molecule has 0 saturated heterocycles. The van der Waals surface area contributed by atoms with Crippen LogP contribution >= 0.6 is 0 Å². The number of methoxy groups -OCH3 is 1. The van der Waals surface area contributed by atoms with E-state index in [4.69, 9.17) is 14.6 Å². The highest BCUT2D eigenvalue weighted by Crippen LogP contribution is 2.31. The summed E-state index contributed by atoms with van der Waals surface area (Å²) < 4.78 is 11.1. The molecular weight excluding hydrogens is 216 g/mol. The molecule has 0 bridgehead atoms. The molecule has 1 aromatic carbocycles. The van der Waals surface area contributed by atoms with Crippen LogP contribution < -0.4 is 9.47 Å². The van der Waals surface area contributed by atoms with Crippen molar-refractivity contribution in [3.8, 4) is 11.5 Å². The van der Waals surface area contributed by atoms with Crippen LogP contribution in [-0.2, 0) is 6.42 Å². The molecule has 0 aliphatic heterocycles. The molecule has 0 heterocycles. The molecule has 0 radical (unpaired) electrons. The van der Waals surface area contributed by atoms with Crippen molar-refractivity contribution in [2.45, 2.75) is 32.6 Å². The van der Waals surface area contributed by atoms with Crippen LogP contribution in [0.4, 0.5) is 0 Å². The summed E-state index contributed by atoms with van der Waals surface area (Å²) in [6.07, 6.45) is 3.72. The Morgan fingerprint density at radius 1 is 1.24 bits per heavy atom. The van der Waals surface area contributed by atoms with Crippen LogP contribution in [0.15, 0.2) is 18.2 Å². The van der Waals surface area contributed by atoms with Gasteiger partial charge in [0.25, 0.3) is 0 Å². The maximum absolute atomic E-state index is 8.86. The van der Waals surface area contributed by atoms with Crippen molar-refractivity contribution in [3.05, 3.63) is 23.8 Å². The van der Waals surface area contributed by atoms with Gasteiger partial charge in [-0.15, -0.1) is 0 Å². The maximum atomic E-state index is 8.86. The van der Waals surface area contributed by atoms with Gasteiger partial charge in [0.05, 0.1) is 13.7 Å². The van der Waals surface area contributed by atoms with Gasteiger partial charge in [-0.2, -0.15) is 0 Å². The molecule has 0 aromatic heterocycles. The minimum absolute atomic E-state index is 0.198. The van der Waals surface area contributed by atoms with Crippen molar-refractivity contribution in [2.75, 3.05) is 20.3 Å². The van der Waals surface area contributed by atoms with Crippen molar-refractivity contribution >= 4 is 0 Å². The third kappa shape index (κ3) is 4.27. The summed E-state index contributed by atoms with van der Waals surface area (Å²) in [5, 5.41) is 8.86. The Balaban J connectivity index is 2.74. The van der Waals surface area contributed by atoms with E-state index in [1.54, 1.807) is 7.11 Å². The normalized spacial score (nSPS) is 10.3. The third-order valence-corrected chi connectivity index (χ3v) is 2.62. The van der Waals surface area contributed by atoms with E-state index in [1.165, 1.54) is 0 Å². The number of rotatable bonds is 8. The first-order valence-corrected chi connectivity index (χ1v) is 6.23. The zero-order valence-electron chi connectivity index (χ0n) is 10.7. The lowest BCUT2D eigenvalue weighted by molar-refractivity contribution is 0.280.